The molecule has 7 heteroatoms. The van der Waals surface area contributed by atoms with E-state index in [9.17, 15) is 4.79 Å². The third kappa shape index (κ3) is 8.09. The summed E-state index contributed by atoms with van der Waals surface area (Å²) in [5.41, 5.74) is 3.97. The molecular formula is C32H43N3O4. The van der Waals surface area contributed by atoms with Crippen LogP contribution in [0.5, 0.6) is 11.5 Å². The van der Waals surface area contributed by atoms with E-state index >= 15 is 0 Å². The molecule has 3 aromatic rings. The molecule has 0 bridgehead atoms. The lowest BCUT2D eigenvalue weighted by Crippen LogP contribution is -2.21. The number of carbonyl (C=O) groups is 1. The molecular weight excluding hydrogens is 490 g/mol. The van der Waals surface area contributed by atoms with Crippen molar-refractivity contribution < 1.29 is 19.0 Å². The van der Waals surface area contributed by atoms with Crippen LogP contribution in [0, 0.1) is 0 Å². The highest BCUT2D eigenvalue weighted by atomic mass is 16.7. The van der Waals surface area contributed by atoms with Gasteiger partial charge in [0.2, 0.25) is 12.7 Å². The first-order chi connectivity index (χ1) is 18.8. The number of nitrogens with zero attached hydrogens (tertiary/aromatic N) is 2. The Hall–Kier alpha value is -3.32. The first kappa shape index (κ1) is 28.7. The van der Waals surface area contributed by atoms with Crippen molar-refractivity contribution in [1.29, 1.82) is 0 Å². The second-order valence-electron chi connectivity index (χ2n) is 11.4. The van der Waals surface area contributed by atoms with Crippen LogP contribution in [0.4, 0.5) is 5.69 Å². The minimum atomic E-state index is -0.112. The number of benzene rings is 2. The molecule has 0 fully saturated rings. The molecule has 1 aromatic heterocycles. The number of aryl methyl sites for hydroxylation is 1. The molecule has 1 aliphatic heterocycles. The number of aromatic nitrogens is 2. The molecule has 2 heterocycles. The summed E-state index contributed by atoms with van der Waals surface area (Å²) in [4.78, 5) is 17.6. The molecule has 0 saturated heterocycles. The smallest absolute Gasteiger partial charge is 0.231 e. The van der Waals surface area contributed by atoms with Crippen molar-refractivity contribution in [2.75, 3.05) is 18.7 Å². The molecule has 0 aliphatic carbocycles. The monoisotopic (exact) mass is 533 g/mol. The number of ether oxygens (including phenoxy) is 3. The summed E-state index contributed by atoms with van der Waals surface area (Å²) < 4.78 is 19.4. The third-order valence-electron chi connectivity index (χ3n) is 7.15. The Bertz CT molecular complexity index is 1200. The standard InChI is InChI=1S/C32H43N3O4/c1-5-6-7-10-25(26-11-8-12-29-31(26)39-23-38-29)20-30(36)34-28-19-24(13-14-27(28)32(2,3)4)21-37-18-9-16-35-17-15-33-22-35/h8,11-15,17,19,22,25H,5-7,9-10,16,18,20-21,23H2,1-4H3,(H,34,36). The summed E-state index contributed by atoms with van der Waals surface area (Å²) in [7, 11) is 0. The molecule has 39 heavy (non-hydrogen) atoms. The van der Waals surface area contributed by atoms with Gasteiger partial charge < -0.3 is 24.1 Å². The lowest BCUT2D eigenvalue weighted by molar-refractivity contribution is -0.116. The second-order valence-corrected chi connectivity index (χ2v) is 11.4. The molecule has 2 aromatic carbocycles. The molecule has 0 spiro atoms. The highest BCUT2D eigenvalue weighted by molar-refractivity contribution is 5.92. The van der Waals surface area contributed by atoms with Crippen molar-refractivity contribution in [2.24, 2.45) is 0 Å². The van der Waals surface area contributed by atoms with Crippen molar-refractivity contribution in [3.8, 4) is 11.5 Å². The van der Waals surface area contributed by atoms with E-state index in [1.807, 2.05) is 29.2 Å². The quantitative estimate of drug-likeness (QED) is 0.222. The van der Waals surface area contributed by atoms with E-state index in [1.54, 1.807) is 6.20 Å². The topological polar surface area (TPSA) is 74.6 Å². The van der Waals surface area contributed by atoms with Gasteiger partial charge in [0.05, 0.1) is 12.9 Å². The number of nitrogens with one attached hydrogen (secondary N) is 1. The number of unbranched alkanes of at least 4 members (excludes halogenated alkanes) is 2. The van der Waals surface area contributed by atoms with Crippen LogP contribution >= 0.6 is 0 Å². The zero-order chi connectivity index (χ0) is 27.7. The predicted octanol–water partition coefficient (Wildman–Crippen LogP) is 7.21. The minimum absolute atomic E-state index is 0.0110. The molecule has 7 nitrogen and oxygen atoms in total. The van der Waals surface area contributed by atoms with Crippen LogP contribution < -0.4 is 14.8 Å². The number of imidazole rings is 1. The van der Waals surface area contributed by atoms with Gasteiger partial charge in [-0.2, -0.15) is 0 Å². The second kappa shape index (κ2) is 13.7. The number of anilines is 1. The molecule has 1 N–H and O–H groups in total. The van der Waals surface area contributed by atoms with Gasteiger partial charge in [-0.25, -0.2) is 4.98 Å². The fraction of sp³-hybridized carbons (Fsp3) is 0.500. The Kier molecular flexibility index (Phi) is 10.0. The van der Waals surface area contributed by atoms with E-state index in [4.69, 9.17) is 14.2 Å². The van der Waals surface area contributed by atoms with Crippen molar-refractivity contribution in [1.82, 2.24) is 9.55 Å². The SMILES string of the molecule is CCCCCC(CC(=O)Nc1cc(COCCCn2ccnc2)ccc1C(C)(C)C)c1cccc2c1OCO2. The van der Waals surface area contributed by atoms with Gasteiger partial charge >= 0.3 is 0 Å². The van der Waals surface area contributed by atoms with Crippen LogP contribution in [0.1, 0.15) is 88.8 Å². The Labute approximate surface area is 232 Å². The van der Waals surface area contributed by atoms with Gasteiger partial charge in [-0.05, 0) is 47.4 Å². The lowest BCUT2D eigenvalue weighted by atomic mass is 9.85. The van der Waals surface area contributed by atoms with Crippen LogP contribution in [-0.2, 0) is 28.1 Å². The zero-order valence-corrected chi connectivity index (χ0v) is 23.9. The molecule has 1 amide bonds. The highest BCUT2D eigenvalue weighted by Crippen LogP contribution is 2.42. The van der Waals surface area contributed by atoms with Crippen molar-refractivity contribution in [3.63, 3.8) is 0 Å². The zero-order valence-electron chi connectivity index (χ0n) is 23.9. The molecule has 1 unspecified atom stereocenters. The summed E-state index contributed by atoms with van der Waals surface area (Å²) in [5, 5.41) is 3.26. The van der Waals surface area contributed by atoms with Gasteiger partial charge in [-0.15, -0.1) is 0 Å². The maximum atomic E-state index is 13.5. The fourth-order valence-corrected chi connectivity index (χ4v) is 5.10. The van der Waals surface area contributed by atoms with Crippen LogP contribution in [0.3, 0.4) is 0 Å². The van der Waals surface area contributed by atoms with Crippen molar-refractivity contribution in [2.45, 2.75) is 90.7 Å². The Morgan fingerprint density at radius 1 is 1.15 bits per heavy atom. The molecule has 1 atom stereocenters. The average molecular weight is 534 g/mol. The third-order valence-corrected chi connectivity index (χ3v) is 7.15. The summed E-state index contributed by atoms with van der Waals surface area (Å²) in [6, 6.07) is 12.3. The predicted molar refractivity (Wildman–Crippen MR) is 154 cm³/mol. The Morgan fingerprint density at radius 2 is 2.03 bits per heavy atom. The summed E-state index contributed by atoms with van der Waals surface area (Å²) >= 11 is 0. The van der Waals surface area contributed by atoms with Gasteiger partial charge in [0.15, 0.2) is 11.5 Å². The van der Waals surface area contributed by atoms with E-state index in [0.717, 1.165) is 72.5 Å². The van der Waals surface area contributed by atoms with Gasteiger partial charge in [0.25, 0.3) is 0 Å². The Morgan fingerprint density at radius 3 is 2.79 bits per heavy atom. The van der Waals surface area contributed by atoms with Crippen molar-refractivity contribution in [3.05, 3.63) is 71.8 Å². The lowest BCUT2D eigenvalue weighted by Gasteiger charge is -2.25. The van der Waals surface area contributed by atoms with E-state index in [0.29, 0.717) is 19.6 Å². The van der Waals surface area contributed by atoms with E-state index in [2.05, 4.69) is 62.3 Å². The fourth-order valence-electron chi connectivity index (χ4n) is 5.10. The number of hydrogen-bond donors (Lipinski definition) is 1. The van der Waals surface area contributed by atoms with E-state index in [1.165, 1.54) is 0 Å². The molecule has 4 rings (SSSR count). The van der Waals surface area contributed by atoms with Crippen LogP contribution in [0.2, 0.25) is 0 Å². The average Bonchev–Trinajstić information content (AvgIpc) is 3.59. The number of hydrogen-bond acceptors (Lipinski definition) is 5. The largest absolute Gasteiger partial charge is 0.454 e. The van der Waals surface area contributed by atoms with Gasteiger partial charge in [-0.3, -0.25) is 4.79 Å². The number of amides is 1. The first-order valence-electron chi connectivity index (χ1n) is 14.2. The minimum Gasteiger partial charge on any atom is -0.454 e. The normalized spacial score (nSPS) is 13.4. The maximum Gasteiger partial charge on any atom is 0.231 e. The molecule has 0 radical (unpaired) electrons. The molecule has 210 valence electrons. The Balaban J connectivity index is 1.43. The van der Waals surface area contributed by atoms with E-state index < -0.39 is 0 Å². The summed E-state index contributed by atoms with van der Waals surface area (Å²) in [6.07, 6.45) is 11.2. The maximum absolute atomic E-state index is 13.5. The number of fused-ring (bicyclic) bond motifs is 1. The van der Waals surface area contributed by atoms with E-state index in [-0.39, 0.29) is 24.0 Å². The first-order valence-corrected chi connectivity index (χ1v) is 14.2. The van der Waals surface area contributed by atoms with Crippen molar-refractivity contribution >= 4 is 11.6 Å². The number of para-hydroxylation sites is 1. The summed E-state index contributed by atoms with van der Waals surface area (Å²) in [6.45, 7) is 11.0. The molecule has 1 aliphatic rings. The van der Waals surface area contributed by atoms with Crippen LogP contribution in [-0.4, -0.2) is 28.9 Å². The number of carbonyl (C=O) groups excluding carboxylic acids is 1. The van der Waals surface area contributed by atoms with Gasteiger partial charge in [0, 0.05) is 43.2 Å². The highest BCUT2D eigenvalue weighted by Gasteiger charge is 2.26. The molecule has 0 saturated carbocycles. The van der Waals surface area contributed by atoms with Gasteiger partial charge in [-0.1, -0.05) is 71.2 Å². The van der Waals surface area contributed by atoms with Crippen LogP contribution in [0.15, 0.2) is 55.1 Å². The van der Waals surface area contributed by atoms with Gasteiger partial charge in [0.1, 0.15) is 0 Å². The summed E-state index contributed by atoms with van der Waals surface area (Å²) in [5.74, 6) is 1.63. The van der Waals surface area contributed by atoms with Crippen LogP contribution in [0.25, 0.3) is 0 Å². The number of rotatable bonds is 14.